The van der Waals surface area contributed by atoms with Crippen LogP contribution in [0.4, 0.5) is 11.4 Å². The van der Waals surface area contributed by atoms with E-state index in [0.29, 0.717) is 25.7 Å². The van der Waals surface area contributed by atoms with Crippen molar-refractivity contribution >= 4 is 29.3 Å². The van der Waals surface area contributed by atoms with Crippen LogP contribution >= 0.6 is 0 Å². The second-order valence-corrected chi connectivity index (χ2v) is 6.00. The first kappa shape index (κ1) is 19.0. The number of rotatable bonds is 6. The van der Waals surface area contributed by atoms with E-state index in [0.717, 1.165) is 24.6 Å². The molecular weight excluding hydrogens is 346 g/mol. The topological polar surface area (TPSA) is 153 Å². The summed E-state index contributed by atoms with van der Waals surface area (Å²) in [5.74, 6) is -1.85. The third-order valence-electron chi connectivity index (χ3n) is 4.32. The fourth-order valence-electron chi connectivity index (χ4n) is 3.02. The van der Waals surface area contributed by atoms with Crippen molar-refractivity contribution in [1.29, 1.82) is 0 Å². The van der Waals surface area contributed by atoms with E-state index in [4.69, 9.17) is 0 Å². The number of nitrogens with one attached hydrogen (secondary N) is 1. The smallest absolute Gasteiger partial charge is 0.353 e. The zero-order valence-electron chi connectivity index (χ0n) is 13.7. The molecule has 2 N–H and O–H groups in total. The molecule has 1 aromatic carbocycles. The Labute approximate surface area is 147 Å². The molecule has 0 unspecified atom stereocenters. The van der Waals surface area contributed by atoms with Gasteiger partial charge in [0, 0.05) is 12.1 Å². The van der Waals surface area contributed by atoms with Crippen LogP contribution in [0, 0.1) is 20.2 Å². The minimum Gasteiger partial charge on any atom is -0.480 e. The molecule has 1 aliphatic carbocycles. The SMILES string of the molecule is O=C(C=Cc1cccc([N+](=O)[O-])c1[N+](=O)[O-])NC1(C(=O)O)CCCCC1. The van der Waals surface area contributed by atoms with E-state index in [1.807, 2.05) is 0 Å². The summed E-state index contributed by atoms with van der Waals surface area (Å²) in [6.45, 7) is 0. The molecule has 0 radical (unpaired) electrons. The van der Waals surface area contributed by atoms with Gasteiger partial charge in [0.1, 0.15) is 5.54 Å². The van der Waals surface area contributed by atoms with Gasteiger partial charge < -0.3 is 10.4 Å². The van der Waals surface area contributed by atoms with Crippen LogP contribution in [0.2, 0.25) is 0 Å². The molecule has 138 valence electrons. The Hall–Kier alpha value is -3.30. The lowest BCUT2D eigenvalue weighted by Gasteiger charge is -2.33. The molecule has 1 aliphatic rings. The van der Waals surface area contributed by atoms with Gasteiger partial charge in [0.25, 0.3) is 0 Å². The van der Waals surface area contributed by atoms with E-state index in [2.05, 4.69) is 5.32 Å². The van der Waals surface area contributed by atoms with E-state index >= 15 is 0 Å². The molecule has 1 aromatic rings. The summed E-state index contributed by atoms with van der Waals surface area (Å²) in [5.41, 5.74) is -2.89. The highest BCUT2D eigenvalue weighted by atomic mass is 16.6. The van der Waals surface area contributed by atoms with Crippen molar-refractivity contribution < 1.29 is 24.5 Å². The number of hydrogen-bond acceptors (Lipinski definition) is 6. The summed E-state index contributed by atoms with van der Waals surface area (Å²) in [7, 11) is 0. The van der Waals surface area contributed by atoms with Crippen LogP contribution < -0.4 is 5.32 Å². The summed E-state index contributed by atoms with van der Waals surface area (Å²) in [6.07, 6.45) is 4.86. The minimum absolute atomic E-state index is 0.118. The molecule has 1 fully saturated rings. The Morgan fingerprint density at radius 2 is 1.77 bits per heavy atom. The molecule has 10 nitrogen and oxygen atoms in total. The second kappa shape index (κ2) is 7.72. The van der Waals surface area contributed by atoms with Crippen LogP contribution in [0.3, 0.4) is 0 Å². The summed E-state index contributed by atoms with van der Waals surface area (Å²) in [4.78, 5) is 44.0. The number of benzene rings is 1. The van der Waals surface area contributed by atoms with Crippen LogP contribution in [-0.4, -0.2) is 32.4 Å². The summed E-state index contributed by atoms with van der Waals surface area (Å²) >= 11 is 0. The van der Waals surface area contributed by atoms with Gasteiger partial charge in [-0.3, -0.25) is 25.0 Å². The van der Waals surface area contributed by atoms with E-state index in [9.17, 15) is 34.9 Å². The number of nitro groups is 2. The monoisotopic (exact) mass is 363 g/mol. The van der Waals surface area contributed by atoms with Gasteiger partial charge in [0.05, 0.1) is 15.4 Å². The van der Waals surface area contributed by atoms with Gasteiger partial charge in [-0.25, -0.2) is 4.79 Å². The Balaban J connectivity index is 2.25. The summed E-state index contributed by atoms with van der Waals surface area (Å²) < 4.78 is 0. The van der Waals surface area contributed by atoms with Gasteiger partial charge in [0.15, 0.2) is 0 Å². The molecule has 0 heterocycles. The predicted molar refractivity (Wildman–Crippen MR) is 90.4 cm³/mol. The van der Waals surface area contributed by atoms with Crippen molar-refractivity contribution in [2.45, 2.75) is 37.6 Å². The molecule has 0 spiro atoms. The molecule has 0 aromatic heterocycles. The second-order valence-electron chi connectivity index (χ2n) is 6.00. The number of carboxylic acid groups (broad SMARTS) is 1. The average molecular weight is 363 g/mol. The number of amides is 1. The lowest BCUT2D eigenvalue weighted by Crippen LogP contribution is -2.55. The maximum Gasteiger partial charge on any atom is 0.353 e. The van der Waals surface area contributed by atoms with Gasteiger partial charge >= 0.3 is 17.3 Å². The van der Waals surface area contributed by atoms with E-state index in [-0.39, 0.29) is 5.56 Å². The van der Waals surface area contributed by atoms with Gasteiger partial charge in [-0.2, -0.15) is 0 Å². The highest BCUT2D eigenvalue weighted by molar-refractivity contribution is 5.96. The number of carbonyl (C=O) groups excluding carboxylic acids is 1. The predicted octanol–water partition coefficient (Wildman–Crippen LogP) is 2.42. The fourth-order valence-corrected chi connectivity index (χ4v) is 3.02. The largest absolute Gasteiger partial charge is 0.480 e. The van der Waals surface area contributed by atoms with E-state index in [1.165, 1.54) is 12.1 Å². The van der Waals surface area contributed by atoms with Crippen molar-refractivity contribution in [3.63, 3.8) is 0 Å². The van der Waals surface area contributed by atoms with Gasteiger partial charge in [-0.1, -0.05) is 25.3 Å². The molecular formula is C16H17N3O7. The zero-order chi connectivity index (χ0) is 19.3. The highest BCUT2D eigenvalue weighted by Crippen LogP contribution is 2.31. The van der Waals surface area contributed by atoms with Crippen molar-refractivity contribution in [3.05, 3.63) is 50.1 Å². The Kier molecular flexibility index (Phi) is 5.65. The third-order valence-corrected chi connectivity index (χ3v) is 4.32. The number of para-hydroxylation sites is 1. The molecule has 1 amide bonds. The first-order valence-corrected chi connectivity index (χ1v) is 7.92. The van der Waals surface area contributed by atoms with Crippen molar-refractivity contribution in [2.75, 3.05) is 0 Å². The molecule has 1 saturated carbocycles. The van der Waals surface area contributed by atoms with Crippen LogP contribution in [0.15, 0.2) is 24.3 Å². The van der Waals surface area contributed by atoms with Crippen LogP contribution in [0.1, 0.15) is 37.7 Å². The standard InChI is InChI=1S/C16H17N3O7/c20-13(17-16(15(21)22)9-2-1-3-10-16)8-7-11-5-4-6-12(18(23)24)14(11)19(25)26/h4-8H,1-3,9-10H2,(H,17,20)(H,21,22). The van der Waals surface area contributed by atoms with Crippen molar-refractivity contribution in [3.8, 4) is 0 Å². The molecule has 10 heteroatoms. The molecule has 0 atom stereocenters. The van der Waals surface area contributed by atoms with Crippen LogP contribution in [0.5, 0.6) is 0 Å². The Morgan fingerprint density at radius 1 is 1.12 bits per heavy atom. The summed E-state index contributed by atoms with van der Waals surface area (Å²) in [5, 5.41) is 34.0. The third kappa shape index (κ3) is 4.02. The van der Waals surface area contributed by atoms with E-state index in [1.54, 1.807) is 0 Å². The van der Waals surface area contributed by atoms with Gasteiger partial charge in [-0.05, 0) is 25.0 Å². The van der Waals surface area contributed by atoms with Crippen molar-refractivity contribution in [1.82, 2.24) is 5.32 Å². The lowest BCUT2D eigenvalue weighted by atomic mass is 9.81. The number of hydrogen-bond donors (Lipinski definition) is 2. The first-order chi connectivity index (χ1) is 12.3. The molecule has 2 rings (SSSR count). The first-order valence-electron chi connectivity index (χ1n) is 7.92. The molecule has 26 heavy (non-hydrogen) atoms. The number of aliphatic carboxylic acids is 1. The number of nitro benzene ring substituents is 2. The van der Waals surface area contributed by atoms with Gasteiger partial charge in [0.2, 0.25) is 5.91 Å². The Morgan fingerprint density at radius 3 is 2.31 bits per heavy atom. The molecule has 0 bridgehead atoms. The highest BCUT2D eigenvalue weighted by Gasteiger charge is 2.40. The molecule has 0 saturated heterocycles. The van der Waals surface area contributed by atoms with E-state index < -0.39 is 38.6 Å². The lowest BCUT2D eigenvalue weighted by molar-refractivity contribution is -0.422. The maximum absolute atomic E-state index is 12.1. The minimum atomic E-state index is -1.35. The quantitative estimate of drug-likeness (QED) is 0.447. The fraction of sp³-hybridized carbons (Fsp3) is 0.375. The van der Waals surface area contributed by atoms with Crippen LogP contribution in [-0.2, 0) is 9.59 Å². The van der Waals surface area contributed by atoms with Crippen molar-refractivity contribution in [2.24, 2.45) is 0 Å². The maximum atomic E-state index is 12.1. The molecule has 0 aliphatic heterocycles. The number of nitrogens with zero attached hydrogens (tertiary/aromatic N) is 2. The number of carbonyl (C=O) groups is 2. The Bertz CT molecular complexity index is 782. The van der Waals surface area contributed by atoms with Crippen LogP contribution in [0.25, 0.3) is 6.08 Å². The zero-order valence-corrected chi connectivity index (χ0v) is 13.7. The summed E-state index contributed by atoms with van der Waals surface area (Å²) in [6, 6.07) is 3.53. The van der Waals surface area contributed by atoms with Gasteiger partial charge in [-0.15, -0.1) is 0 Å². The normalized spacial score (nSPS) is 16.2. The number of carboxylic acids is 1. The average Bonchev–Trinajstić information content (AvgIpc) is 2.60.